The summed E-state index contributed by atoms with van der Waals surface area (Å²) in [5, 5.41) is 8.42. The van der Waals surface area contributed by atoms with E-state index in [4.69, 9.17) is 0 Å². The van der Waals surface area contributed by atoms with Gasteiger partial charge in [-0.2, -0.15) is 0 Å². The molecule has 2 unspecified atom stereocenters. The fourth-order valence-electron chi connectivity index (χ4n) is 2.25. The van der Waals surface area contributed by atoms with Crippen LogP contribution in [0.2, 0.25) is 0 Å². The second-order valence-electron chi connectivity index (χ2n) is 5.40. The van der Waals surface area contributed by atoms with Crippen molar-refractivity contribution in [3.63, 3.8) is 0 Å². The summed E-state index contributed by atoms with van der Waals surface area (Å²) in [7, 11) is 1.67. The Bertz CT molecular complexity index is 656. The summed E-state index contributed by atoms with van der Waals surface area (Å²) in [5.41, 5.74) is 0.403. The number of guanidine groups is 1. The van der Waals surface area contributed by atoms with Crippen LogP contribution < -0.4 is 10.6 Å². The number of halogens is 2. The third kappa shape index (κ3) is 4.76. The first-order valence-corrected chi connectivity index (χ1v) is 8.34. The molecule has 2 atom stereocenters. The van der Waals surface area contributed by atoms with E-state index in [0.29, 0.717) is 17.4 Å². The van der Waals surface area contributed by atoms with Crippen LogP contribution in [0.3, 0.4) is 0 Å². The quantitative estimate of drug-likeness (QED) is 0.638. The monoisotopic (exact) mass is 337 g/mol. The molecule has 1 aromatic carbocycles. The van der Waals surface area contributed by atoms with Gasteiger partial charge in [-0.05, 0) is 24.4 Å². The third-order valence-electron chi connectivity index (χ3n) is 3.61. The van der Waals surface area contributed by atoms with E-state index in [1.807, 2.05) is 13.0 Å². The first-order chi connectivity index (χ1) is 11.0. The van der Waals surface area contributed by atoms with Gasteiger partial charge >= 0.3 is 0 Å². The number of rotatable bonds is 5. The highest BCUT2D eigenvalue weighted by Crippen LogP contribution is 2.20. The van der Waals surface area contributed by atoms with Crippen molar-refractivity contribution in [2.24, 2.45) is 4.99 Å². The Kier molecular flexibility index (Phi) is 6.10. The molecule has 0 spiro atoms. The SMILES string of the molecule is CN=C(NCC(C)c1cccs1)NC(C)c1ccc(F)cc1F. The van der Waals surface area contributed by atoms with Gasteiger partial charge in [-0.3, -0.25) is 4.99 Å². The van der Waals surface area contributed by atoms with Crippen molar-refractivity contribution in [3.05, 3.63) is 57.8 Å². The van der Waals surface area contributed by atoms with Crippen molar-refractivity contribution >= 4 is 17.3 Å². The summed E-state index contributed by atoms with van der Waals surface area (Å²) in [6, 6.07) is 7.41. The average Bonchev–Trinajstić information content (AvgIpc) is 3.05. The van der Waals surface area contributed by atoms with Crippen LogP contribution >= 0.6 is 11.3 Å². The van der Waals surface area contributed by atoms with Crippen LogP contribution in [-0.2, 0) is 0 Å². The van der Waals surface area contributed by atoms with Crippen LogP contribution in [-0.4, -0.2) is 19.6 Å². The lowest BCUT2D eigenvalue weighted by Gasteiger charge is -2.20. The molecule has 0 radical (unpaired) electrons. The fourth-order valence-corrected chi connectivity index (χ4v) is 3.04. The van der Waals surface area contributed by atoms with E-state index in [2.05, 4.69) is 34.0 Å². The van der Waals surface area contributed by atoms with Gasteiger partial charge < -0.3 is 10.6 Å². The first-order valence-electron chi connectivity index (χ1n) is 7.46. The highest BCUT2D eigenvalue weighted by Gasteiger charge is 2.14. The predicted octanol–water partition coefficient (Wildman–Crippen LogP) is 4.06. The van der Waals surface area contributed by atoms with Crippen LogP contribution in [0, 0.1) is 11.6 Å². The van der Waals surface area contributed by atoms with Crippen LogP contribution in [0.4, 0.5) is 8.78 Å². The molecule has 3 nitrogen and oxygen atoms in total. The minimum atomic E-state index is -0.578. The van der Waals surface area contributed by atoms with Gasteiger partial charge in [-0.15, -0.1) is 11.3 Å². The number of nitrogens with one attached hydrogen (secondary N) is 2. The Morgan fingerprint density at radius 2 is 2.04 bits per heavy atom. The fraction of sp³-hybridized carbons (Fsp3) is 0.353. The molecule has 1 heterocycles. The maximum atomic E-state index is 13.8. The van der Waals surface area contributed by atoms with Gasteiger partial charge in [0.1, 0.15) is 11.6 Å². The Morgan fingerprint density at radius 3 is 2.65 bits per heavy atom. The van der Waals surface area contributed by atoms with Crippen LogP contribution in [0.5, 0.6) is 0 Å². The third-order valence-corrected chi connectivity index (χ3v) is 4.71. The van der Waals surface area contributed by atoms with Gasteiger partial charge in [0.15, 0.2) is 5.96 Å². The molecule has 124 valence electrons. The molecule has 0 aliphatic heterocycles. The van der Waals surface area contributed by atoms with Crippen molar-refractivity contribution < 1.29 is 8.78 Å². The van der Waals surface area contributed by atoms with Gasteiger partial charge in [0.25, 0.3) is 0 Å². The Morgan fingerprint density at radius 1 is 1.26 bits per heavy atom. The molecule has 0 amide bonds. The molecule has 1 aromatic heterocycles. The summed E-state index contributed by atoms with van der Waals surface area (Å²) in [5.74, 6) is -0.200. The van der Waals surface area contributed by atoms with E-state index in [-0.39, 0.29) is 6.04 Å². The van der Waals surface area contributed by atoms with E-state index in [1.54, 1.807) is 18.4 Å². The van der Waals surface area contributed by atoms with Crippen LogP contribution in [0.15, 0.2) is 40.7 Å². The summed E-state index contributed by atoms with van der Waals surface area (Å²) in [6.45, 7) is 4.67. The van der Waals surface area contributed by atoms with Crippen LogP contribution in [0.25, 0.3) is 0 Å². The molecule has 0 saturated carbocycles. The molecule has 0 aliphatic carbocycles. The summed E-state index contributed by atoms with van der Waals surface area (Å²) >= 11 is 1.72. The standard InChI is InChI=1S/C17H21F2N3S/c1-11(16-5-4-8-23-16)10-21-17(20-3)22-12(2)14-7-6-13(18)9-15(14)19/h4-9,11-12H,10H2,1-3H3,(H2,20,21,22). The summed E-state index contributed by atoms with van der Waals surface area (Å²) in [4.78, 5) is 5.45. The predicted molar refractivity (Wildman–Crippen MR) is 92.0 cm³/mol. The number of thiophene rings is 1. The first kappa shape index (κ1) is 17.4. The van der Waals surface area contributed by atoms with E-state index in [9.17, 15) is 8.78 Å². The number of benzene rings is 1. The molecule has 2 N–H and O–H groups in total. The maximum absolute atomic E-state index is 13.8. The molecule has 0 aliphatic rings. The maximum Gasteiger partial charge on any atom is 0.191 e. The van der Waals surface area contributed by atoms with Crippen molar-refractivity contribution in [2.75, 3.05) is 13.6 Å². The van der Waals surface area contributed by atoms with E-state index >= 15 is 0 Å². The normalized spacial score (nSPS) is 14.4. The zero-order valence-electron chi connectivity index (χ0n) is 13.4. The van der Waals surface area contributed by atoms with Gasteiger partial charge in [0.05, 0.1) is 6.04 Å². The number of hydrogen-bond acceptors (Lipinski definition) is 2. The number of aliphatic imine (C=N–C) groups is 1. The second-order valence-corrected chi connectivity index (χ2v) is 6.38. The number of hydrogen-bond donors (Lipinski definition) is 2. The van der Waals surface area contributed by atoms with Gasteiger partial charge in [0.2, 0.25) is 0 Å². The molecule has 0 saturated heterocycles. The van der Waals surface area contributed by atoms with E-state index < -0.39 is 11.6 Å². The minimum absolute atomic E-state index is 0.321. The molecule has 0 fully saturated rings. The highest BCUT2D eigenvalue weighted by molar-refractivity contribution is 7.10. The van der Waals surface area contributed by atoms with Crippen molar-refractivity contribution in [3.8, 4) is 0 Å². The van der Waals surface area contributed by atoms with Gasteiger partial charge in [-0.25, -0.2) is 8.78 Å². The van der Waals surface area contributed by atoms with Gasteiger partial charge in [0, 0.05) is 36.0 Å². The topological polar surface area (TPSA) is 36.4 Å². The molecular formula is C17H21F2N3S. The molecule has 6 heteroatoms. The van der Waals surface area contributed by atoms with Crippen LogP contribution in [0.1, 0.15) is 36.2 Å². The van der Waals surface area contributed by atoms with Gasteiger partial charge in [-0.1, -0.05) is 19.1 Å². The largest absolute Gasteiger partial charge is 0.356 e. The van der Waals surface area contributed by atoms with Crippen molar-refractivity contribution in [1.29, 1.82) is 0 Å². The Labute approximate surface area is 139 Å². The zero-order chi connectivity index (χ0) is 16.8. The smallest absolute Gasteiger partial charge is 0.191 e. The summed E-state index contributed by atoms with van der Waals surface area (Å²) < 4.78 is 26.8. The van der Waals surface area contributed by atoms with Crippen molar-refractivity contribution in [2.45, 2.75) is 25.8 Å². The van der Waals surface area contributed by atoms with E-state index in [0.717, 1.165) is 12.6 Å². The molecule has 2 rings (SSSR count). The lowest BCUT2D eigenvalue weighted by molar-refractivity contribution is 0.550. The Balaban J connectivity index is 1.94. The zero-order valence-corrected chi connectivity index (χ0v) is 14.3. The molecule has 0 bridgehead atoms. The van der Waals surface area contributed by atoms with Crippen molar-refractivity contribution in [1.82, 2.24) is 10.6 Å². The highest BCUT2D eigenvalue weighted by atomic mass is 32.1. The molecule has 2 aromatic rings. The average molecular weight is 337 g/mol. The Hall–Kier alpha value is -1.95. The molecular weight excluding hydrogens is 316 g/mol. The molecule has 23 heavy (non-hydrogen) atoms. The lowest BCUT2D eigenvalue weighted by Crippen LogP contribution is -2.40. The summed E-state index contributed by atoms with van der Waals surface area (Å²) in [6.07, 6.45) is 0. The number of nitrogens with zero attached hydrogens (tertiary/aromatic N) is 1. The minimum Gasteiger partial charge on any atom is -0.356 e. The second kappa shape index (κ2) is 8.06. The lowest BCUT2D eigenvalue weighted by atomic mass is 10.1. The van der Waals surface area contributed by atoms with E-state index in [1.165, 1.54) is 17.0 Å².